The second kappa shape index (κ2) is 6.83. The molecule has 1 amide bonds. The van der Waals surface area contributed by atoms with Crippen molar-refractivity contribution < 1.29 is 4.79 Å². The van der Waals surface area contributed by atoms with Gasteiger partial charge in [0.15, 0.2) is 0 Å². The van der Waals surface area contributed by atoms with Crippen molar-refractivity contribution in [3.8, 4) is 0 Å². The van der Waals surface area contributed by atoms with Crippen LogP contribution in [0.3, 0.4) is 0 Å². The van der Waals surface area contributed by atoms with E-state index in [1.54, 1.807) is 17.1 Å². The van der Waals surface area contributed by atoms with Crippen molar-refractivity contribution in [3.63, 3.8) is 0 Å². The van der Waals surface area contributed by atoms with Crippen molar-refractivity contribution in [3.05, 3.63) is 30.6 Å². The quantitative estimate of drug-likeness (QED) is 0.763. The smallest absolute Gasteiger partial charge is 0.222 e. The molecule has 0 fully saturated rings. The first-order valence-electron chi connectivity index (χ1n) is 6.77. The highest BCUT2D eigenvalue weighted by molar-refractivity contribution is 5.76. The Balaban J connectivity index is 1.66. The fourth-order valence-electron chi connectivity index (χ4n) is 2.11. The summed E-state index contributed by atoms with van der Waals surface area (Å²) in [7, 11) is 0. The summed E-state index contributed by atoms with van der Waals surface area (Å²) < 4.78 is 3.76. The average Bonchev–Trinajstić information content (AvgIpc) is 3.05. The number of aryl methyl sites for hydroxylation is 2. The van der Waals surface area contributed by atoms with Gasteiger partial charge in [-0.1, -0.05) is 5.21 Å². The third-order valence-electron chi connectivity index (χ3n) is 3.18. The maximum absolute atomic E-state index is 11.8. The number of hydrogen-bond acceptors (Lipinski definition) is 4. The number of carbonyl (C=O) groups excluding carboxylic acids is 1. The first kappa shape index (κ1) is 14.2. The highest BCUT2D eigenvalue weighted by Crippen LogP contribution is 2.12. The Labute approximate surface area is 118 Å². The number of aromatic nitrogens is 5. The molecular weight excluding hydrogens is 256 g/mol. The SMILES string of the molecule is Cc1nccn1[C@H](C)CC(=O)NCCCn1ccnn1. The van der Waals surface area contributed by atoms with Gasteiger partial charge in [0.1, 0.15) is 5.82 Å². The van der Waals surface area contributed by atoms with Gasteiger partial charge in [-0.25, -0.2) is 4.98 Å². The van der Waals surface area contributed by atoms with Crippen LogP contribution in [0.4, 0.5) is 0 Å². The first-order valence-corrected chi connectivity index (χ1v) is 6.77. The second-order valence-corrected chi connectivity index (χ2v) is 4.80. The van der Waals surface area contributed by atoms with Crippen LogP contribution in [0.1, 0.15) is 31.6 Å². The molecule has 0 aliphatic rings. The van der Waals surface area contributed by atoms with Gasteiger partial charge in [-0.15, -0.1) is 5.10 Å². The number of nitrogens with one attached hydrogen (secondary N) is 1. The topological polar surface area (TPSA) is 77.6 Å². The fraction of sp³-hybridized carbons (Fsp3) is 0.538. The summed E-state index contributed by atoms with van der Waals surface area (Å²) in [6, 6.07) is 0.118. The Bertz CT molecular complexity index is 533. The Kier molecular flexibility index (Phi) is 4.86. The lowest BCUT2D eigenvalue weighted by atomic mass is 10.2. The maximum Gasteiger partial charge on any atom is 0.222 e. The monoisotopic (exact) mass is 276 g/mol. The maximum atomic E-state index is 11.8. The van der Waals surface area contributed by atoms with Gasteiger partial charge in [-0.05, 0) is 20.3 Å². The van der Waals surface area contributed by atoms with E-state index in [1.165, 1.54) is 0 Å². The molecule has 0 saturated carbocycles. The molecule has 108 valence electrons. The summed E-state index contributed by atoms with van der Waals surface area (Å²) in [4.78, 5) is 16.0. The van der Waals surface area contributed by atoms with Crippen LogP contribution in [0.2, 0.25) is 0 Å². The zero-order valence-electron chi connectivity index (χ0n) is 11.9. The van der Waals surface area contributed by atoms with E-state index in [0.29, 0.717) is 13.0 Å². The molecule has 2 aromatic rings. The molecule has 0 saturated heterocycles. The van der Waals surface area contributed by atoms with Gasteiger partial charge in [-0.3, -0.25) is 9.48 Å². The standard InChI is InChI=1S/C13H20N6O/c1-11(19-9-5-14-12(19)2)10-13(20)15-4-3-7-18-8-6-16-17-18/h5-6,8-9,11H,3-4,7,10H2,1-2H3,(H,15,20)/t11-/m1/s1. The minimum absolute atomic E-state index is 0.0594. The van der Waals surface area contributed by atoms with Crippen LogP contribution in [-0.4, -0.2) is 37.0 Å². The molecule has 1 atom stereocenters. The van der Waals surface area contributed by atoms with Crippen LogP contribution in [0.15, 0.2) is 24.8 Å². The third-order valence-corrected chi connectivity index (χ3v) is 3.18. The second-order valence-electron chi connectivity index (χ2n) is 4.80. The van der Waals surface area contributed by atoms with Crippen molar-refractivity contribution >= 4 is 5.91 Å². The molecule has 0 radical (unpaired) electrons. The summed E-state index contributed by atoms with van der Waals surface area (Å²) >= 11 is 0. The zero-order valence-corrected chi connectivity index (χ0v) is 11.9. The van der Waals surface area contributed by atoms with Crippen LogP contribution in [0, 0.1) is 6.92 Å². The summed E-state index contributed by atoms with van der Waals surface area (Å²) in [5.74, 6) is 0.987. The lowest BCUT2D eigenvalue weighted by Gasteiger charge is -2.14. The van der Waals surface area contributed by atoms with E-state index in [1.807, 2.05) is 30.8 Å². The van der Waals surface area contributed by atoms with Crippen LogP contribution in [0.5, 0.6) is 0 Å². The number of carbonyl (C=O) groups is 1. The third kappa shape index (κ3) is 3.91. The molecule has 1 N–H and O–H groups in total. The van der Waals surface area contributed by atoms with Gasteiger partial charge in [0.2, 0.25) is 5.91 Å². The zero-order chi connectivity index (χ0) is 14.4. The van der Waals surface area contributed by atoms with Crippen LogP contribution in [0.25, 0.3) is 0 Å². The molecule has 0 bridgehead atoms. The Morgan fingerprint density at radius 1 is 1.40 bits per heavy atom. The molecule has 7 heteroatoms. The van der Waals surface area contributed by atoms with Crippen molar-refractivity contribution in [2.45, 2.75) is 39.3 Å². The van der Waals surface area contributed by atoms with Gasteiger partial charge in [0.25, 0.3) is 0 Å². The molecule has 2 aromatic heterocycles. The molecule has 2 heterocycles. The molecule has 0 aromatic carbocycles. The first-order chi connectivity index (χ1) is 9.66. The van der Waals surface area contributed by atoms with E-state index < -0.39 is 0 Å². The highest BCUT2D eigenvalue weighted by atomic mass is 16.1. The van der Waals surface area contributed by atoms with E-state index in [0.717, 1.165) is 18.8 Å². The molecular formula is C13H20N6O. The summed E-state index contributed by atoms with van der Waals surface area (Å²) in [5.41, 5.74) is 0. The number of hydrogen-bond donors (Lipinski definition) is 1. The van der Waals surface area contributed by atoms with E-state index in [2.05, 4.69) is 20.6 Å². The summed E-state index contributed by atoms with van der Waals surface area (Å²) in [5, 5.41) is 10.5. The van der Waals surface area contributed by atoms with Crippen molar-refractivity contribution in [1.29, 1.82) is 0 Å². The van der Waals surface area contributed by atoms with Crippen LogP contribution in [-0.2, 0) is 11.3 Å². The number of nitrogens with zero attached hydrogens (tertiary/aromatic N) is 5. The van der Waals surface area contributed by atoms with Gasteiger partial charge in [0.05, 0.1) is 6.20 Å². The van der Waals surface area contributed by atoms with E-state index in [4.69, 9.17) is 0 Å². The Hall–Kier alpha value is -2.18. The minimum Gasteiger partial charge on any atom is -0.356 e. The highest BCUT2D eigenvalue weighted by Gasteiger charge is 2.11. The van der Waals surface area contributed by atoms with E-state index >= 15 is 0 Å². The molecule has 0 unspecified atom stereocenters. The van der Waals surface area contributed by atoms with E-state index in [9.17, 15) is 4.79 Å². The number of imidazole rings is 1. The molecule has 0 spiro atoms. The van der Waals surface area contributed by atoms with Gasteiger partial charge in [0, 0.05) is 44.1 Å². The predicted octanol–water partition coefficient (Wildman–Crippen LogP) is 0.941. The largest absolute Gasteiger partial charge is 0.356 e. The van der Waals surface area contributed by atoms with Gasteiger partial charge >= 0.3 is 0 Å². The summed E-state index contributed by atoms with van der Waals surface area (Å²) in [6.45, 7) is 5.36. The normalized spacial score (nSPS) is 12.3. The molecule has 20 heavy (non-hydrogen) atoms. The van der Waals surface area contributed by atoms with Crippen molar-refractivity contribution in [2.24, 2.45) is 0 Å². The summed E-state index contributed by atoms with van der Waals surface area (Å²) in [6.07, 6.45) is 8.41. The molecule has 2 rings (SSSR count). The minimum atomic E-state index is 0.0594. The fourth-order valence-corrected chi connectivity index (χ4v) is 2.11. The van der Waals surface area contributed by atoms with Crippen molar-refractivity contribution in [1.82, 2.24) is 29.9 Å². The Morgan fingerprint density at radius 3 is 2.90 bits per heavy atom. The molecule has 0 aliphatic carbocycles. The van der Waals surface area contributed by atoms with Gasteiger partial charge < -0.3 is 9.88 Å². The lowest BCUT2D eigenvalue weighted by molar-refractivity contribution is -0.121. The van der Waals surface area contributed by atoms with Crippen LogP contribution < -0.4 is 5.32 Å². The number of amides is 1. The molecule has 7 nitrogen and oxygen atoms in total. The Morgan fingerprint density at radius 2 is 2.25 bits per heavy atom. The number of rotatable bonds is 7. The van der Waals surface area contributed by atoms with Crippen molar-refractivity contribution in [2.75, 3.05) is 6.54 Å². The predicted molar refractivity (Wildman–Crippen MR) is 73.9 cm³/mol. The lowest BCUT2D eigenvalue weighted by Crippen LogP contribution is -2.27. The van der Waals surface area contributed by atoms with E-state index in [-0.39, 0.29) is 11.9 Å². The van der Waals surface area contributed by atoms with Crippen LogP contribution >= 0.6 is 0 Å². The molecule has 0 aliphatic heterocycles. The average molecular weight is 276 g/mol. The van der Waals surface area contributed by atoms with Gasteiger partial charge in [-0.2, -0.15) is 0 Å².